The Hall–Kier alpha value is -7.98. The third-order valence-electron chi connectivity index (χ3n) is 13.9. The van der Waals surface area contributed by atoms with Gasteiger partial charge in [-0.05, 0) is 104 Å². The Morgan fingerprint density at radius 2 is 0.953 bits per heavy atom. The molecule has 0 saturated carbocycles. The second-order valence-electron chi connectivity index (χ2n) is 17.1. The van der Waals surface area contributed by atoms with Crippen molar-refractivity contribution in [2.75, 3.05) is 4.90 Å². The van der Waals surface area contributed by atoms with Gasteiger partial charge < -0.3 is 9.32 Å². The van der Waals surface area contributed by atoms with Gasteiger partial charge in [-0.25, -0.2) is 0 Å². The fourth-order valence-electron chi connectivity index (χ4n) is 11.3. The highest BCUT2D eigenvalue weighted by atomic mass is 32.1. The zero-order chi connectivity index (χ0) is 41.9. The van der Waals surface area contributed by atoms with Crippen molar-refractivity contribution in [1.29, 1.82) is 0 Å². The van der Waals surface area contributed by atoms with Gasteiger partial charge in [-0.15, -0.1) is 11.3 Å². The molecule has 14 rings (SSSR count). The van der Waals surface area contributed by atoms with Crippen LogP contribution in [0.2, 0.25) is 0 Å². The van der Waals surface area contributed by atoms with E-state index in [4.69, 9.17) is 4.42 Å². The van der Waals surface area contributed by atoms with Gasteiger partial charge in [0.1, 0.15) is 11.2 Å². The summed E-state index contributed by atoms with van der Waals surface area (Å²) in [4.78, 5) is 2.53. The molecule has 2 heterocycles. The van der Waals surface area contributed by atoms with E-state index in [1.54, 1.807) is 0 Å². The highest BCUT2D eigenvalue weighted by Crippen LogP contribution is 2.65. The van der Waals surface area contributed by atoms with Gasteiger partial charge in [-0.3, -0.25) is 0 Å². The van der Waals surface area contributed by atoms with Crippen LogP contribution in [0.15, 0.2) is 229 Å². The molecular formula is C61H37NOS. The maximum Gasteiger partial charge on any atom is 0.143 e. The second kappa shape index (κ2) is 13.5. The molecule has 0 unspecified atom stereocenters. The molecule has 3 heteroatoms. The van der Waals surface area contributed by atoms with Crippen LogP contribution in [0.4, 0.5) is 17.1 Å². The van der Waals surface area contributed by atoms with Crippen LogP contribution in [0.25, 0.3) is 86.6 Å². The van der Waals surface area contributed by atoms with Gasteiger partial charge in [0.15, 0.2) is 0 Å². The maximum atomic E-state index is 6.57. The van der Waals surface area contributed by atoms with Gasteiger partial charge >= 0.3 is 0 Å². The van der Waals surface area contributed by atoms with E-state index in [-0.39, 0.29) is 0 Å². The lowest BCUT2D eigenvalue weighted by Crippen LogP contribution is -2.26. The topological polar surface area (TPSA) is 16.4 Å². The van der Waals surface area contributed by atoms with Crippen LogP contribution in [-0.4, -0.2) is 0 Å². The summed E-state index contributed by atoms with van der Waals surface area (Å²) in [6.45, 7) is 0. The fourth-order valence-corrected chi connectivity index (χ4v) is 12.4. The first-order chi connectivity index (χ1) is 31.8. The van der Waals surface area contributed by atoms with Crippen molar-refractivity contribution in [2.45, 2.75) is 5.41 Å². The van der Waals surface area contributed by atoms with Gasteiger partial charge in [0.25, 0.3) is 0 Å². The highest BCUT2D eigenvalue weighted by Gasteiger charge is 2.52. The fraction of sp³-hybridized carbons (Fsp3) is 0.0164. The summed E-state index contributed by atoms with van der Waals surface area (Å²) in [5, 5.41) is 4.79. The number of fused-ring (bicyclic) bond motifs is 16. The molecule has 2 nitrogen and oxygen atoms in total. The summed E-state index contributed by atoms with van der Waals surface area (Å²) in [6, 6.07) is 82.7. The molecule has 0 fully saturated rings. The molecule has 0 atom stereocenters. The van der Waals surface area contributed by atoms with E-state index in [9.17, 15) is 0 Å². The molecule has 2 aromatic heterocycles. The van der Waals surface area contributed by atoms with Crippen LogP contribution in [0.3, 0.4) is 0 Å². The third-order valence-corrected chi connectivity index (χ3v) is 15.0. The molecule has 298 valence electrons. The normalized spacial score (nSPS) is 13.1. The molecule has 2 aliphatic carbocycles. The zero-order valence-electron chi connectivity index (χ0n) is 34.6. The van der Waals surface area contributed by atoms with Crippen molar-refractivity contribution in [3.63, 3.8) is 0 Å². The van der Waals surface area contributed by atoms with E-state index >= 15 is 0 Å². The minimum atomic E-state index is -0.441. The predicted octanol–water partition coefficient (Wildman–Crippen LogP) is 17.1. The monoisotopic (exact) mass is 831 g/mol. The van der Waals surface area contributed by atoms with Gasteiger partial charge in [-0.2, -0.15) is 0 Å². The second-order valence-corrected chi connectivity index (χ2v) is 18.2. The number of furan rings is 1. The van der Waals surface area contributed by atoms with E-state index in [2.05, 4.69) is 229 Å². The van der Waals surface area contributed by atoms with Crippen LogP contribution in [0.1, 0.15) is 22.3 Å². The number of anilines is 3. The molecule has 1 spiro atoms. The van der Waals surface area contributed by atoms with E-state index in [1.807, 2.05) is 11.3 Å². The number of thiophene rings is 1. The lowest BCUT2D eigenvalue weighted by Gasteiger charge is -2.32. The molecule has 0 amide bonds. The molecule has 0 radical (unpaired) electrons. The van der Waals surface area contributed by atoms with Gasteiger partial charge in [-0.1, -0.05) is 176 Å². The van der Waals surface area contributed by atoms with E-state index in [1.165, 1.54) is 76.1 Å². The SMILES string of the molecule is c1ccc(-c2cccc3c2oc2ccc(-c4ccc(N(c5cccc6c5-c5ccccc5C65c6ccccc6-c6ccccc65)c5cccc6sc7ccccc7c56)cc4)cc23)cc1. The number of rotatable bonds is 5. The van der Waals surface area contributed by atoms with Gasteiger partial charge in [0.05, 0.1) is 16.8 Å². The molecular weight excluding hydrogens is 795 g/mol. The smallest absolute Gasteiger partial charge is 0.143 e. The van der Waals surface area contributed by atoms with Gasteiger partial charge in [0, 0.05) is 47.8 Å². The van der Waals surface area contributed by atoms with E-state index < -0.39 is 5.41 Å². The van der Waals surface area contributed by atoms with E-state index in [0.29, 0.717) is 0 Å². The summed E-state index contributed by atoms with van der Waals surface area (Å²) in [5.41, 5.74) is 19.9. The van der Waals surface area contributed by atoms with Crippen LogP contribution < -0.4 is 4.90 Å². The summed E-state index contributed by atoms with van der Waals surface area (Å²) in [6.07, 6.45) is 0. The standard InChI is InChI=1S/C61H37NOS/c1-2-15-39(16-3-1)42-21-12-22-45-48-37-40(33-36-55(48)63-60(42)45)38-31-34-41(35-32-38)62(54-28-14-30-57-59(54)47-20-7-11-29-56(47)64-57)53-27-13-26-52-58(53)46-19-6-10-25-51(46)61(52)49-23-8-4-17-43(49)44-18-5-9-24-50(44)61/h1-37H. The lowest BCUT2D eigenvalue weighted by molar-refractivity contribution is 0.670. The minimum Gasteiger partial charge on any atom is -0.455 e. The molecule has 0 N–H and O–H groups in total. The Bertz CT molecular complexity index is 3810. The molecule has 10 aromatic carbocycles. The first kappa shape index (κ1) is 35.6. The summed E-state index contributed by atoms with van der Waals surface area (Å²) in [7, 11) is 0. The van der Waals surface area contributed by atoms with Crippen LogP contribution in [0.5, 0.6) is 0 Å². The largest absolute Gasteiger partial charge is 0.455 e. The maximum absolute atomic E-state index is 6.57. The highest BCUT2D eigenvalue weighted by molar-refractivity contribution is 7.26. The Morgan fingerprint density at radius 3 is 1.75 bits per heavy atom. The van der Waals surface area contributed by atoms with Gasteiger partial charge in [0.2, 0.25) is 0 Å². The Balaban J connectivity index is 0.982. The van der Waals surface area contributed by atoms with Crippen molar-refractivity contribution < 1.29 is 4.42 Å². The summed E-state index contributed by atoms with van der Waals surface area (Å²) in [5.74, 6) is 0. The molecule has 2 aliphatic rings. The number of hydrogen-bond donors (Lipinski definition) is 0. The van der Waals surface area contributed by atoms with Crippen molar-refractivity contribution in [3.05, 3.63) is 247 Å². The molecule has 64 heavy (non-hydrogen) atoms. The molecule has 12 aromatic rings. The Kier molecular flexibility index (Phi) is 7.51. The summed E-state index contributed by atoms with van der Waals surface area (Å²) >= 11 is 1.86. The first-order valence-electron chi connectivity index (χ1n) is 22.0. The quantitative estimate of drug-likeness (QED) is 0.172. The predicted molar refractivity (Wildman–Crippen MR) is 268 cm³/mol. The minimum absolute atomic E-state index is 0.441. The Labute approximate surface area is 374 Å². The van der Waals surface area contributed by atoms with Crippen LogP contribution in [-0.2, 0) is 5.41 Å². The summed E-state index contributed by atoms with van der Waals surface area (Å²) < 4.78 is 9.13. The number of para-hydroxylation sites is 1. The number of hydrogen-bond acceptors (Lipinski definition) is 3. The van der Waals surface area contributed by atoms with Crippen molar-refractivity contribution in [3.8, 4) is 44.5 Å². The van der Waals surface area contributed by atoms with Crippen molar-refractivity contribution >= 4 is 70.5 Å². The number of nitrogens with zero attached hydrogens (tertiary/aromatic N) is 1. The third kappa shape index (κ3) is 4.85. The number of benzene rings is 10. The van der Waals surface area contributed by atoms with Crippen LogP contribution >= 0.6 is 11.3 Å². The molecule has 0 bridgehead atoms. The van der Waals surface area contributed by atoms with Crippen molar-refractivity contribution in [2.24, 2.45) is 0 Å². The first-order valence-corrected chi connectivity index (χ1v) is 22.8. The molecule has 0 saturated heterocycles. The average molecular weight is 832 g/mol. The Morgan fingerprint density at radius 1 is 0.375 bits per heavy atom. The van der Waals surface area contributed by atoms with E-state index in [0.717, 1.165) is 49.9 Å². The van der Waals surface area contributed by atoms with Crippen LogP contribution in [0, 0.1) is 0 Å². The zero-order valence-corrected chi connectivity index (χ0v) is 35.4. The average Bonchev–Trinajstić information content (AvgIpc) is 4.10. The molecule has 0 aliphatic heterocycles. The lowest BCUT2D eigenvalue weighted by atomic mass is 9.70. The van der Waals surface area contributed by atoms with Crippen molar-refractivity contribution in [1.82, 2.24) is 0 Å².